The van der Waals surface area contributed by atoms with Crippen molar-refractivity contribution < 1.29 is 4.74 Å². The quantitative estimate of drug-likeness (QED) is 0.946. The third-order valence-corrected chi connectivity index (χ3v) is 2.77. The van der Waals surface area contributed by atoms with Gasteiger partial charge < -0.3 is 10.5 Å². The SMILES string of the molecule is Nc1ncc(Br)c(OCc2cccc(Cl)c2)n1. The Morgan fingerprint density at radius 2 is 2.24 bits per heavy atom. The van der Waals surface area contributed by atoms with E-state index in [1.165, 1.54) is 0 Å². The standard InChI is InChI=1S/C11H9BrClN3O/c12-9-5-15-11(14)16-10(9)17-6-7-2-1-3-8(13)4-7/h1-5H,6H2,(H2,14,15,16). The molecule has 1 aromatic carbocycles. The van der Waals surface area contributed by atoms with Crippen molar-refractivity contribution in [3.8, 4) is 5.88 Å². The molecule has 6 heteroatoms. The first kappa shape index (κ1) is 12.1. The average Bonchev–Trinajstić information content (AvgIpc) is 2.30. The fraction of sp³-hybridized carbons (Fsp3) is 0.0909. The molecule has 4 nitrogen and oxygen atoms in total. The Morgan fingerprint density at radius 3 is 3.00 bits per heavy atom. The lowest BCUT2D eigenvalue weighted by atomic mass is 10.2. The molecule has 2 aromatic rings. The third-order valence-electron chi connectivity index (χ3n) is 2.00. The molecular weight excluding hydrogens is 305 g/mol. The second-order valence-electron chi connectivity index (χ2n) is 3.30. The topological polar surface area (TPSA) is 61.0 Å². The van der Waals surface area contributed by atoms with Crippen LogP contribution in [0, 0.1) is 0 Å². The number of ether oxygens (including phenoxy) is 1. The normalized spacial score (nSPS) is 10.2. The molecule has 2 N–H and O–H groups in total. The van der Waals surface area contributed by atoms with Crippen molar-refractivity contribution in [1.82, 2.24) is 9.97 Å². The number of nitrogens with two attached hydrogens (primary N) is 1. The summed E-state index contributed by atoms with van der Waals surface area (Å²) in [5.74, 6) is 0.590. The van der Waals surface area contributed by atoms with E-state index in [-0.39, 0.29) is 5.95 Å². The Bertz CT molecular complexity index is 536. The van der Waals surface area contributed by atoms with Gasteiger partial charge in [-0.15, -0.1) is 0 Å². The molecule has 88 valence electrons. The van der Waals surface area contributed by atoms with Crippen molar-refractivity contribution in [3.63, 3.8) is 0 Å². The number of halogens is 2. The molecule has 0 saturated carbocycles. The van der Waals surface area contributed by atoms with Crippen LogP contribution in [0.25, 0.3) is 0 Å². The van der Waals surface area contributed by atoms with E-state index in [0.29, 0.717) is 22.0 Å². The highest BCUT2D eigenvalue weighted by atomic mass is 79.9. The Labute approximate surface area is 112 Å². The summed E-state index contributed by atoms with van der Waals surface area (Å²) in [6.45, 7) is 0.371. The number of anilines is 1. The van der Waals surface area contributed by atoms with Gasteiger partial charge >= 0.3 is 0 Å². The summed E-state index contributed by atoms with van der Waals surface area (Å²) in [6.07, 6.45) is 1.55. The molecule has 0 aliphatic heterocycles. The summed E-state index contributed by atoms with van der Waals surface area (Å²) in [5.41, 5.74) is 6.44. The number of hydrogen-bond donors (Lipinski definition) is 1. The van der Waals surface area contributed by atoms with Crippen molar-refractivity contribution in [3.05, 3.63) is 45.5 Å². The molecule has 1 aromatic heterocycles. The van der Waals surface area contributed by atoms with Gasteiger partial charge in [0.1, 0.15) is 6.61 Å². The fourth-order valence-electron chi connectivity index (χ4n) is 1.24. The molecule has 0 amide bonds. The van der Waals surface area contributed by atoms with Crippen molar-refractivity contribution >= 4 is 33.5 Å². The van der Waals surface area contributed by atoms with Crippen LogP contribution in [0.15, 0.2) is 34.9 Å². The molecule has 1 heterocycles. The van der Waals surface area contributed by atoms with Crippen LogP contribution in [0.1, 0.15) is 5.56 Å². The predicted molar refractivity (Wildman–Crippen MR) is 69.9 cm³/mol. The number of benzene rings is 1. The Morgan fingerprint density at radius 1 is 1.41 bits per heavy atom. The predicted octanol–water partition coefficient (Wildman–Crippen LogP) is 3.05. The maximum absolute atomic E-state index is 5.87. The Hall–Kier alpha value is -1.33. The molecule has 0 atom stereocenters. The monoisotopic (exact) mass is 313 g/mol. The smallest absolute Gasteiger partial charge is 0.233 e. The summed E-state index contributed by atoms with van der Waals surface area (Å²) in [7, 11) is 0. The van der Waals surface area contributed by atoms with E-state index in [2.05, 4.69) is 25.9 Å². The van der Waals surface area contributed by atoms with Crippen LogP contribution in [0.3, 0.4) is 0 Å². The van der Waals surface area contributed by atoms with Gasteiger partial charge in [0.05, 0.1) is 10.7 Å². The molecule has 0 radical (unpaired) electrons. The lowest BCUT2D eigenvalue weighted by molar-refractivity contribution is 0.291. The zero-order chi connectivity index (χ0) is 12.3. The van der Waals surface area contributed by atoms with E-state index in [1.807, 2.05) is 24.3 Å². The molecule has 0 aliphatic carbocycles. The van der Waals surface area contributed by atoms with Gasteiger partial charge in [-0.1, -0.05) is 23.7 Å². The molecule has 0 bridgehead atoms. The van der Waals surface area contributed by atoms with Crippen LogP contribution < -0.4 is 10.5 Å². The summed E-state index contributed by atoms with van der Waals surface area (Å²) in [4.78, 5) is 7.80. The number of hydrogen-bond acceptors (Lipinski definition) is 4. The number of rotatable bonds is 3. The van der Waals surface area contributed by atoms with Gasteiger partial charge in [0.2, 0.25) is 11.8 Å². The van der Waals surface area contributed by atoms with E-state index in [1.54, 1.807) is 6.20 Å². The maximum atomic E-state index is 5.87. The van der Waals surface area contributed by atoms with E-state index in [4.69, 9.17) is 22.1 Å². The van der Waals surface area contributed by atoms with Crippen LogP contribution in [-0.2, 0) is 6.61 Å². The summed E-state index contributed by atoms with van der Waals surface area (Å²) in [5, 5.41) is 0.673. The number of aromatic nitrogens is 2. The van der Waals surface area contributed by atoms with Gasteiger partial charge in [-0.3, -0.25) is 0 Å². The van der Waals surface area contributed by atoms with Crippen molar-refractivity contribution in [2.24, 2.45) is 0 Å². The Balaban J connectivity index is 2.09. The van der Waals surface area contributed by atoms with E-state index >= 15 is 0 Å². The first-order valence-corrected chi connectivity index (χ1v) is 5.97. The lowest BCUT2D eigenvalue weighted by Crippen LogP contribution is -2.01. The van der Waals surface area contributed by atoms with E-state index < -0.39 is 0 Å². The lowest BCUT2D eigenvalue weighted by Gasteiger charge is -2.07. The maximum Gasteiger partial charge on any atom is 0.233 e. The third kappa shape index (κ3) is 3.31. The van der Waals surface area contributed by atoms with Crippen LogP contribution in [0.2, 0.25) is 5.02 Å². The van der Waals surface area contributed by atoms with Crippen LogP contribution in [-0.4, -0.2) is 9.97 Å². The molecule has 17 heavy (non-hydrogen) atoms. The van der Waals surface area contributed by atoms with Crippen molar-refractivity contribution in [1.29, 1.82) is 0 Å². The number of nitrogens with zero attached hydrogens (tertiary/aromatic N) is 2. The zero-order valence-electron chi connectivity index (χ0n) is 8.73. The van der Waals surface area contributed by atoms with Crippen molar-refractivity contribution in [2.45, 2.75) is 6.61 Å². The first-order valence-electron chi connectivity index (χ1n) is 4.80. The zero-order valence-corrected chi connectivity index (χ0v) is 11.1. The average molecular weight is 315 g/mol. The van der Waals surface area contributed by atoms with Gasteiger partial charge in [0, 0.05) is 5.02 Å². The van der Waals surface area contributed by atoms with Gasteiger partial charge in [0.25, 0.3) is 0 Å². The second-order valence-corrected chi connectivity index (χ2v) is 4.59. The summed E-state index contributed by atoms with van der Waals surface area (Å²) < 4.78 is 6.18. The highest BCUT2D eigenvalue weighted by Gasteiger charge is 2.05. The second kappa shape index (κ2) is 5.33. The first-order chi connectivity index (χ1) is 8.15. The number of nitrogen functional groups attached to an aromatic ring is 1. The largest absolute Gasteiger partial charge is 0.472 e. The van der Waals surface area contributed by atoms with Gasteiger partial charge in [0.15, 0.2) is 0 Å². The minimum Gasteiger partial charge on any atom is -0.472 e. The fourth-order valence-corrected chi connectivity index (χ4v) is 1.76. The minimum atomic E-state index is 0.175. The highest BCUT2D eigenvalue weighted by molar-refractivity contribution is 9.10. The molecular formula is C11H9BrClN3O. The molecule has 0 fully saturated rings. The van der Waals surface area contributed by atoms with E-state index in [9.17, 15) is 0 Å². The van der Waals surface area contributed by atoms with E-state index in [0.717, 1.165) is 5.56 Å². The van der Waals surface area contributed by atoms with Gasteiger partial charge in [-0.25, -0.2) is 4.98 Å². The van der Waals surface area contributed by atoms with Gasteiger partial charge in [-0.2, -0.15) is 4.98 Å². The Kier molecular flexibility index (Phi) is 3.81. The summed E-state index contributed by atoms with van der Waals surface area (Å²) in [6, 6.07) is 7.43. The molecule has 2 rings (SSSR count). The van der Waals surface area contributed by atoms with Crippen LogP contribution in [0.4, 0.5) is 5.95 Å². The van der Waals surface area contributed by atoms with Crippen LogP contribution in [0.5, 0.6) is 5.88 Å². The van der Waals surface area contributed by atoms with Gasteiger partial charge in [-0.05, 0) is 33.6 Å². The summed E-state index contributed by atoms with van der Waals surface area (Å²) >= 11 is 9.16. The minimum absolute atomic E-state index is 0.175. The molecule has 0 aliphatic rings. The molecule has 0 unspecified atom stereocenters. The van der Waals surface area contributed by atoms with Crippen molar-refractivity contribution in [2.75, 3.05) is 5.73 Å². The highest BCUT2D eigenvalue weighted by Crippen LogP contribution is 2.23. The molecule has 0 saturated heterocycles. The molecule has 0 spiro atoms. The van der Waals surface area contributed by atoms with Crippen LogP contribution >= 0.6 is 27.5 Å².